The Morgan fingerprint density at radius 1 is 1.47 bits per heavy atom. The molecule has 7 heteroatoms. The van der Waals surface area contributed by atoms with Gasteiger partial charge < -0.3 is 4.74 Å². The van der Waals surface area contributed by atoms with Crippen molar-refractivity contribution in [3.63, 3.8) is 0 Å². The van der Waals surface area contributed by atoms with Gasteiger partial charge in [-0.1, -0.05) is 29.0 Å². The first-order chi connectivity index (χ1) is 8.19. The molecule has 0 aliphatic rings. The molecule has 0 aliphatic carbocycles. The number of hydrogen-bond donors (Lipinski definition) is 2. The summed E-state index contributed by atoms with van der Waals surface area (Å²) < 4.78 is 5.62. The summed E-state index contributed by atoms with van der Waals surface area (Å²) in [6, 6.07) is 5.51. The van der Waals surface area contributed by atoms with Crippen LogP contribution in [0.5, 0.6) is 5.75 Å². The number of hydrogen-bond acceptors (Lipinski definition) is 6. The van der Waals surface area contributed by atoms with Crippen molar-refractivity contribution < 1.29 is 4.74 Å². The molecule has 2 rings (SSSR count). The Balaban J connectivity index is 2.04. The number of ether oxygens (including phenoxy) is 1. The fraction of sp³-hybridized carbons (Fsp3) is 0.200. The molecule has 0 radical (unpaired) electrons. The van der Waals surface area contributed by atoms with Gasteiger partial charge in [0, 0.05) is 5.02 Å². The summed E-state index contributed by atoms with van der Waals surface area (Å²) in [7, 11) is 0. The number of aryl methyl sites for hydroxylation is 1. The summed E-state index contributed by atoms with van der Waals surface area (Å²) in [4.78, 5) is 0. The van der Waals surface area contributed by atoms with Gasteiger partial charge in [0.15, 0.2) is 5.01 Å². The molecule has 0 aliphatic heterocycles. The number of anilines is 1. The number of benzene rings is 1. The van der Waals surface area contributed by atoms with E-state index in [1.807, 2.05) is 19.1 Å². The summed E-state index contributed by atoms with van der Waals surface area (Å²) in [5.41, 5.74) is 3.46. The first kappa shape index (κ1) is 12.1. The van der Waals surface area contributed by atoms with Crippen LogP contribution in [0, 0.1) is 6.92 Å². The lowest BCUT2D eigenvalue weighted by Gasteiger charge is -2.07. The quantitative estimate of drug-likeness (QED) is 0.659. The van der Waals surface area contributed by atoms with Crippen LogP contribution >= 0.6 is 22.9 Å². The molecular formula is C10H11ClN4OS. The number of nitrogens with zero attached hydrogens (tertiary/aromatic N) is 2. The Kier molecular flexibility index (Phi) is 3.78. The molecule has 2 aromatic rings. The molecule has 0 amide bonds. The van der Waals surface area contributed by atoms with E-state index in [1.54, 1.807) is 6.07 Å². The summed E-state index contributed by atoms with van der Waals surface area (Å²) in [5, 5.41) is 9.69. The van der Waals surface area contributed by atoms with Gasteiger partial charge in [0.25, 0.3) is 0 Å². The molecular weight excluding hydrogens is 260 g/mol. The lowest BCUT2D eigenvalue weighted by molar-refractivity contribution is 0.302. The SMILES string of the molecule is Cc1ccc(Cl)cc1OCc1nnc(NN)s1. The van der Waals surface area contributed by atoms with E-state index in [2.05, 4.69) is 15.6 Å². The van der Waals surface area contributed by atoms with Crippen molar-refractivity contribution >= 4 is 28.1 Å². The first-order valence-electron chi connectivity index (χ1n) is 4.87. The topological polar surface area (TPSA) is 73.1 Å². The second kappa shape index (κ2) is 5.31. The molecule has 0 unspecified atom stereocenters. The summed E-state index contributed by atoms with van der Waals surface area (Å²) in [6.07, 6.45) is 0. The average molecular weight is 271 g/mol. The number of halogens is 1. The number of hydrazine groups is 1. The molecule has 0 fully saturated rings. The lowest BCUT2D eigenvalue weighted by Crippen LogP contribution is -2.05. The highest BCUT2D eigenvalue weighted by Gasteiger charge is 2.05. The standard InChI is InChI=1S/C10H11ClN4OS/c1-6-2-3-7(11)4-8(6)16-5-9-14-15-10(13-12)17-9/h2-4H,5,12H2,1H3,(H,13,15). The van der Waals surface area contributed by atoms with Gasteiger partial charge in [0.1, 0.15) is 12.4 Å². The number of nitrogens with one attached hydrogen (secondary N) is 1. The molecule has 5 nitrogen and oxygen atoms in total. The Labute approximate surface area is 108 Å². The maximum absolute atomic E-state index is 5.89. The zero-order valence-electron chi connectivity index (χ0n) is 9.11. The highest BCUT2D eigenvalue weighted by Crippen LogP contribution is 2.24. The predicted octanol–water partition coefficient (Wildman–Crippen LogP) is 2.36. The summed E-state index contributed by atoms with van der Waals surface area (Å²) in [5.74, 6) is 5.96. The van der Waals surface area contributed by atoms with Gasteiger partial charge in [0.2, 0.25) is 5.13 Å². The van der Waals surface area contributed by atoms with Crippen molar-refractivity contribution in [1.29, 1.82) is 0 Å². The van der Waals surface area contributed by atoms with Crippen LogP contribution in [0.15, 0.2) is 18.2 Å². The van der Waals surface area contributed by atoms with Crippen molar-refractivity contribution in [3.8, 4) is 5.75 Å². The smallest absolute Gasteiger partial charge is 0.219 e. The minimum atomic E-state index is 0.348. The van der Waals surface area contributed by atoms with E-state index in [1.165, 1.54) is 11.3 Å². The van der Waals surface area contributed by atoms with E-state index in [9.17, 15) is 0 Å². The molecule has 0 bridgehead atoms. The van der Waals surface area contributed by atoms with Crippen LogP contribution in [0.4, 0.5) is 5.13 Å². The molecule has 0 spiro atoms. The van der Waals surface area contributed by atoms with Crippen molar-refractivity contribution in [2.24, 2.45) is 5.84 Å². The van der Waals surface area contributed by atoms with Crippen LogP contribution in [-0.2, 0) is 6.61 Å². The molecule has 1 heterocycles. The normalized spacial score (nSPS) is 10.3. The molecule has 3 N–H and O–H groups in total. The minimum absolute atomic E-state index is 0.348. The molecule has 17 heavy (non-hydrogen) atoms. The number of rotatable bonds is 4. The minimum Gasteiger partial charge on any atom is -0.486 e. The largest absolute Gasteiger partial charge is 0.486 e. The van der Waals surface area contributed by atoms with Crippen molar-refractivity contribution in [2.45, 2.75) is 13.5 Å². The molecule has 0 saturated carbocycles. The summed E-state index contributed by atoms with van der Waals surface area (Å²) in [6.45, 7) is 2.30. The van der Waals surface area contributed by atoms with Crippen molar-refractivity contribution in [1.82, 2.24) is 10.2 Å². The predicted molar refractivity (Wildman–Crippen MR) is 68.2 cm³/mol. The zero-order valence-corrected chi connectivity index (χ0v) is 10.7. The van der Waals surface area contributed by atoms with E-state index in [0.717, 1.165) is 16.3 Å². The Morgan fingerprint density at radius 2 is 2.29 bits per heavy atom. The molecule has 1 aromatic heterocycles. The third-order valence-electron chi connectivity index (χ3n) is 2.09. The maximum Gasteiger partial charge on any atom is 0.219 e. The summed E-state index contributed by atoms with van der Waals surface area (Å²) >= 11 is 7.24. The van der Waals surface area contributed by atoms with E-state index >= 15 is 0 Å². The Bertz CT molecular complexity index is 517. The van der Waals surface area contributed by atoms with Gasteiger partial charge >= 0.3 is 0 Å². The fourth-order valence-corrected chi connectivity index (χ4v) is 1.96. The van der Waals surface area contributed by atoms with Crippen LogP contribution in [0.1, 0.15) is 10.6 Å². The highest BCUT2D eigenvalue weighted by atomic mass is 35.5. The van der Waals surface area contributed by atoms with E-state index in [0.29, 0.717) is 16.8 Å². The third kappa shape index (κ3) is 3.06. The number of nitrogens with two attached hydrogens (primary N) is 1. The van der Waals surface area contributed by atoms with E-state index in [4.69, 9.17) is 22.2 Å². The van der Waals surface area contributed by atoms with Crippen LogP contribution in [0.25, 0.3) is 0 Å². The average Bonchev–Trinajstić information content (AvgIpc) is 2.78. The van der Waals surface area contributed by atoms with Crippen LogP contribution in [-0.4, -0.2) is 10.2 Å². The molecule has 90 valence electrons. The third-order valence-corrected chi connectivity index (χ3v) is 3.15. The van der Waals surface area contributed by atoms with Gasteiger partial charge in [0.05, 0.1) is 0 Å². The van der Waals surface area contributed by atoms with Crippen molar-refractivity contribution in [2.75, 3.05) is 5.43 Å². The molecule has 0 atom stereocenters. The van der Waals surface area contributed by atoms with Gasteiger partial charge in [-0.2, -0.15) is 0 Å². The van der Waals surface area contributed by atoms with Gasteiger partial charge in [-0.15, -0.1) is 10.2 Å². The first-order valence-corrected chi connectivity index (χ1v) is 6.06. The van der Waals surface area contributed by atoms with Crippen molar-refractivity contribution in [3.05, 3.63) is 33.8 Å². The number of aromatic nitrogens is 2. The zero-order chi connectivity index (χ0) is 12.3. The molecule has 1 aromatic carbocycles. The number of nitrogen functional groups attached to an aromatic ring is 1. The fourth-order valence-electron chi connectivity index (χ4n) is 1.24. The Morgan fingerprint density at radius 3 is 3.00 bits per heavy atom. The monoisotopic (exact) mass is 270 g/mol. The van der Waals surface area contributed by atoms with Gasteiger partial charge in [-0.25, -0.2) is 5.84 Å². The van der Waals surface area contributed by atoms with E-state index < -0.39 is 0 Å². The second-order valence-electron chi connectivity index (χ2n) is 3.34. The second-order valence-corrected chi connectivity index (χ2v) is 4.84. The lowest BCUT2D eigenvalue weighted by atomic mass is 10.2. The van der Waals surface area contributed by atoms with Crippen LogP contribution in [0.2, 0.25) is 5.02 Å². The van der Waals surface area contributed by atoms with Gasteiger partial charge in [-0.3, -0.25) is 5.43 Å². The van der Waals surface area contributed by atoms with E-state index in [-0.39, 0.29) is 0 Å². The maximum atomic E-state index is 5.89. The Hall–Kier alpha value is -1.37. The van der Waals surface area contributed by atoms with Gasteiger partial charge in [-0.05, 0) is 24.6 Å². The van der Waals surface area contributed by atoms with Crippen LogP contribution < -0.4 is 16.0 Å². The van der Waals surface area contributed by atoms with Crippen LogP contribution in [0.3, 0.4) is 0 Å². The highest BCUT2D eigenvalue weighted by molar-refractivity contribution is 7.15. The molecule has 0 saturated heterocycles.